The molecule has 2 aromatic carbocycles. The number of carbonyl (C=O) groups excluding carboxylic acids is 3. The van der Waals surface area contributed by atoms with E-state index in [1.807, 2.05) is 75.4 Å². The fourth-order valence-electron chi connectivity index (χ4n) is 5.12. The number of nitrogens with zero attached hydrogens (tertiary/aromatic N) is 4. The van der Waals surface area contributed by atoms with Gasteiger partial charge in [-0.2, -0.15) is 0 Å². The molecule has 0 aliphatic carbocycles. The first-order chi connectivity index (χ1) is 18.4. The van der Waals surface area contributed by atoms with Gasteiger partial charge in [-0.05, 0) is 24.5 Å². The summed E-state index contributed by atoms with van der Waals surface area (Å²) < 4.78 is 5.89. The molecule has 0 aromatic heterocycles. The molecule has 0 unspecified atom stereocenters. The molecule has 2 fully saturated rings. The Bertz CT molecular complexity index is 1090. The van der Waals surface area contributed by atoms with Crippen molar-refractivity contribution in [1.29, 1.82) is 0 Å². The first-order valence-corrected chi connectivity index (χ1v) is 13.5. The minimum absolute atomic E-state index is 0.0684. The summed E-state index contributed by atoms with van der Waals surface area (Å²) in [6.07, 6.45) is 0.730. The molecule has 9 heteroatoms. The Morgan fingerprint density at radius 2 is 1.76 bits per heavy atom. The topological polar surface area (TPSA) is 85.4 Å². The van der Waals surface area contributed by atoms with Gasteiger partial charge in [-0.25, -0.2) is 14.8 Å². The molecule has 0 radical (unpaired) electrons. The second-order valence-electron chi connectivity index (χ2n) is 9.88. The maximum absolute atomic E-state index is 13.5. The second-order valence-corrected chi connectivity index (χ2v) is 9.88. The summed E-state index contributed by atoms with van der Waals surface area (Å²) in [4.78, 5) is 43.7. The second kappa shape index (κ2) is 12.9. The highest BCUT2D eigenvalue weighted by molar-refractivity contribution is 5.91. The quantitative estimate of drug-likeness (QED) is 0.486. The SMILES string of the molecule is CCC[C@H]1C(=O)N(CCOCc2ccc(C)cc2)C[C@H]2N1C(=O)CN(CC)N2C(=O)NCc1ccccc1. The van der Waals surface area contributed by atoms with E-state index in [0.717, 1.165) is 17.5 Å². The van der Waals surface area contributed by atoms with Crippen molar-refractivity contribution in [3.8, 4) is 0 Å². The summed E-state index contributed by atoms with van der Waals surface area (Å²) >= 11 is 0. The number of hydrogen-bond donors (Lipinski definition) is 1. The third kappa shape index (κ3) is 6.34. The van der Waals surface area contributed by atoms with Crippen LogP contribution in [0.3, 0.4) is 0 Å². The molecule has 2 atom stereocenters. The molecule has 2 aliphatic heterocycles. The molecule has 0 spiro atoms. The van der Waals surface area contributed by atoms with Gasteiger partial charge >= 0.3 is 6.03 Å². The van der Waals surface area contributed by atoms with Crippen molar-refractivity contribution in [1.82, 2.24) is 25.1 Å². The lowest BCUT2D eigenvalue weighted by molar-refractivity contribution is -0.190. The summed E-state index contributed by atoms with van der Waals surface area (Å²) in [6, 6.07) is 17.0. The van der Waals surface area contributed by atoms with E-state index in [4.69, 9.17) is 4.74 Å². The van der Waals surface area contributed by atoms with Gasteiger partial charge in [-0.1, -0.05) is 80.4 Å². The lowest BCUT2D eigenvalue weighted by Crippen LogP contribution is -2.76. The predicted octanol–water partition coefficient (Wildman–Crippen LogP) is 3.14. The number of ether oxygens (including phenoxy) is 1. The van der Waals surface area contributed by atoms with E-state index >= 15 is 0 Å². The van der Waals surface area contributed by atoms with Crippen LogP contribution in [0.4, 0.5) is 4.79 Å². The van der Waals surface area contributed by atoms with Crippen LogP contribution in [0.15, 0.2) is 54.6 Å². The predicted molar refractivity (Wildman–Crippen MR) is 145 cm³/mol. The molecule has 2 aliphatic rings. The molecule has 0 saturated carbocycles. The minimum atomic E-state index is -0.591. The number of carbonyl (C=O) groups is 3. The molecule has 2 saturated heterocycles. The van der Waals surface area contributed by atoms with Gasteiger partial charge in [-0.3, -0.25) is 9.59 Å². The van der Waals surface area contributed by atoms with Gasteiger partial charge in [0.05, 0.1) is 26.3 Å². The first-order valence-electron chi connectivity index (χ1n) is 13.5. The van der Waals surface area contributed by atoms with Crippen molar-refractivity contribution in [2.75, 3.05) is 32.8 Å². The van der Waals surface area contributed by atoms with Crippen molar-refractivity contribution >= 4 is 17.8 Å². The van der Waals surface area contributed by atoms with E-state index in [1.165, 1.54) is 5.56 Å². The Kier molecular flexibility index (Phi) is 9.36. The summed E-state index contributed by atoms with van der Waals surface area (Å²) in [5, 5.41) is 6.42. The normalized spacial score (nSPS) is 20.0. The van der Waals surface area contributed by atoms with Crippen LogP contribution in [0, 0.1) is 6.92 Å². The standard InChI is InChI=1S/C29H39N5O4/c1-4-9-25-28(36)31(16-17-38-21-24-14-12-22(3)13-15-24)19-26-33(25)27(35)20-32(5-2)34(26)29(37)30-18-23-10-7-6-8-11-23/h6-8,10-15,25-26H,4-5,9,16-21H2,1-3H3,(H,30,37)/t25-,26-/m0/s1. The summed E-state index contributed by atoms with van der Waals surface area (Å²) in [7, 11) is 0. The zero-order valence-corrected chi connectivity index (χ0v) is 22.6. The largest absolute Gasteiger partial charge is 0.375 e. The molecule has 4 rings (SSSR count). The fraction of sp³-hybridized carbons (Fsp3) is 0.483. The zero-order valence-electron chi connectivity index (χ0n) is 22.6. The average molecular weight is 522 g/mol. The Balaban J connectivity index is 1.48. The number of hydrogen-bond acceptors (Lipinski definition) is 5. The van der Waals surface area contributed by atoms with E-state index in [9.17, 15) is 14.4 Å². The number of hydrazine groups is 1. The number of rotatable bonds is 10. The highest BCUT2D eigenvalue weighted by atomic mass is 16.5. The maximum atomic E-state index is 13.5. The molecule has 38 heavy (non-hydrogen) atoms. The van der Waals surface area contributed by atoms with Crippen LogP contribution < -0.4 is 5.32 Å². The van der Waals surface area contributed by atoms with E-state index in [-0.39, 0.29) is 30.9 Å². The van der Waals surface area contributed by atoms with E-state index in [1.54, 1.807) is 19.8 Å². The van der Waals surface area contributed by atoms with Crippen molar-refractivity contribution < 1.29 is 19.1 Å². The van der Waals surface area contributed by atoms with Gasteiger partial charge in [0.2, 0.25) is 11.8 Å². The van der Waals surface area contributed by atoms with Gasteiger partial charge in [0.25, 0.3) is 0 Å². The van der Waals surface area contributed by atoms with Crippen LogP contribution in [-0.2, 0) is 27.5 Å². The molecule has 2 heterocycles. The van der Waals surface area contributed by atoms with E-state index in [0.29, 0.717) is 39.3 Å². The van der Waals surface area contributed by atoms with Crippen molar-refractivity contribution in [2.45, 2.75) is 59.0 Å². The minimum Gasteiger partial charge on any atom is -0.375 e. The van der Waals surface area contributed by atoms with Gasteiger partial charge in [-0.15, -0.1) is 0 Å². The van der Waals surface area contributed by atoms with Gasteiger partial charge in [0, 0.05) is 19.6 Å². The Hall–Kier alpha value is -3.43. The molecular weight excluding hydrogens is 482 g/mol. The van der Waals surface area contributed by atoms with Crippen LogP contribution in [-0.4, -0.2) is 82.7 Å². The first kappa shape index (κ1) is 27.6. The Morgan fingerprint density at radius 1 is 1.03 bits per heavy atom. The number of aryl methyl sites for hydroxylation is 1. The summed E-state index contributed by atoms with van der Waals surface area (Å²) in [6.45, 7) is 8.40. The molecule has 204 valence electrons. The lowest BCUT2D eigenvalue weighted by Gasteiger charge is -2.55. The average Bonchev–Trinajstić information content (AvgIpc) is 2.93. The van der Waals surface area contributed by atoms with E-state index in [2.05, 4.69) is 5.32 Å². The third-order valence-electron chi connectivity index (χ3n) is 7.15. The van der Waals surface area contributed by atoms with Crippen molar-refractivity contribution in [3.05, 3.63) is 71.3 Å². The maximum Gasteiger partial charge on any atom is 0.334 e. The number of fused-ring (bicyclic) bond motifs is 1. The highest BCUT2D eigenvalue weighted by Gasteiger charge is 2.50. The number of likely N-dealkylation sites (N-methyl/N-ethyl adjacent to an activating group) is 1. The number of urea groups is 1. The zero-order chi connectivity index (χ0) is 27.1. The van der Waals surface area contributed by atoms with Crippen LogP contribution in [0.1, 0.15) is 43.4 Å². The molecule has 9 nitrogen and oxygen atoms in total. The fourth-order valence-corrected chi connectivity index (χ4v) is 5.12. The number of benzene rings is 2. The van der Waals surface area contributed by atoms with Crippen LogP contribution in [0.2, 0.25) is 0 Å². The molecule has 0 bridgehead atoms. The molecule has 2 aromatic rings. The smallest absolute Gasteiger partial charge is 0.334 e. The van der Waals surface area contributed by atoms with Gasteiger partial charge in [0.1, 0.15) is 12.2 Å². The van der Waals surface area contributed by atoms with Crippen LogP contribution in [0.5, 0.6) is 0 Å². The Labute approximate surface area is 225 Å². The van der Waals surface area contributed by atoms with Crippen molar-refractivity contribution in [3.63, 3.8) is 0 Å². The number of piperazine rings is 1. The van der Waals surface area contributed by atoms with Gasteiger partial charge < -0.3 is 19.9 Å². The van der Waals surface area contributed by atoms with Gasteiger partial charge in [0.15, 0.2) is 0 Å². The highest BCUT2D eigenvalue weighted by Crippen LogP contribution is 2.28. The summed E-state index contributed by atoms with van der Waals surface area (Å²) in [5.74, 6) is -0.198. The Morgan fingerprint density at radius 3 is 2.45 bits per heavy atom. The third-order valence-corrected chi connectivity index (χ3v) is 7.15. The monoisotopic (exact) mass is 521 g/mol. The van der Waals surface area contributed by atoms with Crippen LogP contribution in [0.25, 0.3) is 0 Å². The molecular formula is C29H39N5O4. The molecule has 1 N–H and O–H groups in total. The molecule has 4 amide bonds. The van der Waals surface area contributed by atoms with E-state index < -0.39 is 12.2 Å². The van der Waals surface area contributed by atoms with Crippen molar-refractivity contribution in [2.24, 2.45) is 0 Å². The number of amides is 4. The number of nitrogens with one attached hydrogen (secondary N) is 1. The lowest BCUT2D eigenvalue weighted by atomic mass is 10.0. The van der Waals surface area contributed by atoms with Crippen LogP contribution >= 0.6 is 0 Å². The summed E-state index contributed by atoms with van der Waals surface area (Å²) in [5.41, 5.74) is 3.26.